The van der Waals surface area contributed by atoms with Gasteiger partial charge in [-0.2, -0.15) is 4.31 Å². The zero-order chi connectivity index (χ0) is 23.2. The van der Waals surface area contributed by atoms with Crippen molar-refractivity contribution in [2.24, 2.45) is 0 Å². The van der Waals surface area contributed by atoms with Gasteiger partial charge in [0.05, 0.1) is 28.1 Å². The van der Waals surface area contributed by atoms with Gasteiger partial charge >= 0.3 is 0 Å². The molecule has 0 saturated carbocycles. The number of nitrogens with zero attached hydrogens (tertiary/aromatic N) is 1. The third-order valence-corrected chi connectivity index (χ3v) is 9.55. The SMILES string of the molecule is CC(C)S(=O)(=O)CCCCCC(=O)Cc1cccc(S(=O)(=O)N2C[C@@H](C)O[C@@H](C)C2)c1. The van der Waals surface area contributed by atoms with Crippen LogP contribution in [0.15, 0.2) is 29.2 Å². The molecule has 1 aliphatic rings. The lowest BCUT2D eigenvalue weighted by atomic mass is 10.0. The molecule has 0 bridgehead atoms. The number of benzene rings is 1. The van der Waals surface area contributed by atoms with Crippen LogP contribution in [0.4, 0.5) is 0 Å². The highest BCUT2D eigenvalue weighted by Gasteiger charge is 2.32. The Bertz CT molecular complexity index is 946. The number of rotatable bonds is 11. The molecular formula is C22H35NO6S2. The molecule has 1 saturated heterocycles. The largest absolute Gasteiger partial charge is 0.373 e. The van der Waals surface area contributed by atoms with E-state index >= 15 is 0 Å². The summed E-state index contributed by atoms with van der Waals surface area (Å²) in [7, 11) is -6.68. The van der Waals surface area contributed by atoms with Crippen LogP contribution in [0.1, 0.15) is 58.9 Å². The highest BCUT2D eigenvalue weighted by atomic mass is 32.2. The number of carbonyl (C=O) groups is 1. The Hall–Kier alpha value is -1.29. The minimum absolute atomic E-state index is 0.0230. The third kappa shape index (κ3) is 7.66. The van der Waals surface area contributed by atoms with Crippen molar-refractivity contribution in [2.75, 3.05) is 18.8 Å². The van der Waals surface area contributed by atoms with E-state index in [1.54, 1.807) is 38.1 Å². The van der Waals surface area contributed by atoms with Crippen LogP contribution in [-0.2, 0) is 35.8 Å². The van der Waals surface area contributed by atoms with Gasteiger partial charge in [0.2, 0.25) is 10.0 Å². The molecular weight excluding hydrogens is 438 g/mol. The first-order chi connectivity index (χ1) is 14.4. The fourth-order valence-corrected chi connectivity index (χ4v) is 6.39. The number of sulfone groups is 1. The fraction of sp³-hybridized carbons (Fsp3) is 0.682. The first-order valence-electron chi connectivity index (χ1n) is 10.9. The number of ether oxygens (including phenoxy) is 1. The van der Waals surface area contributed by atoms with Crippen molar-refractivity contribution in [3.8, 4) is 0 Å². The second kappa shape index (κ2) is 11.0. The van der Waals surface area contributed by atoms with E-state index in [1.165, 1.54) is 4.31 Å². The number of carbonyl (C=O) groups excluding carboxylic acids is 1. The Morgan fingerprint density at radius 1 is 1.06 bits per heavy atom. The van der Waals surface area contributed by atoms with Gasteiger partial charge in [0.25, 0.3) is 0 Å². The Kier molecular flexibility index (Phi) is 9.24. The van der Waals surface area contributed by atoms with Gasteiger partial charge in [-0.15, -0.1) is 0 Å². The summed E-state index contributed by atoms with van der Waals surface area (Å²) in [5.41, 5.74) is 0.669. The first-order valence-corrected chi connectivity index (χ1v) is 14.0. The number of hydrogen-bond acceptors (Lipinski definition) is 6. The molecule has 31 heavy (non-hydrogen) atoms. The average Bonchev–Trinajstić information content (AvgIpc) is 2.67. The zero-order valence-corrected chi connectivity index (χ0v) is 20.5. The molecule has 0 spiro atoms. The van der Waals surface area contributed by atoms with E-state index in [9.17, 15) is 21.6 Å². The van der Waals surface area contributed by atoms with E-state index in [0.717, 1.165) is 0 Å². The molecule has 0 aromatic heterocycles. The summed E-state index contributed by atoms with van der Waals surface area (Å²) < 4.78 is 56.7. The lowest BCUT2D eigenvalue weighted by molar-refractivity contribution is -0.118. The number of hydrogen-bond donors (Lipinski definition) is 0. The molecule has 9 heteroatoms. The normalized spacial score (nSPS) is 20.8. The van der Waals surface area contributed by atoms with Crippen molar-refractivity contribution in [1.82, 2.24) is 4.31 Å². The molecule has 176 valence electrons. The number of unbranched alkanes of at least 4 members (excludes halogenated alkanes) is 2. The third-order valence-electron chi connectivity index (χ3n) is 5.43. The second-order valence-corrected chi connectivity index (χ2v) is 13.3. The van der Waals surface area contributed by atoms with Gasteiger partial charge in [0.1, 0.15) is 5.78 Å². The van der Waals surface area contributed by atoms with Crippen molar-refractivity contribution >= 4 is 25.6 Å². The van der Waals surface area contributed by atoms with Crippen LogP contribution in [0.25, 0.3) is 0 Å². The molecule has 1 heterocycles. The first kappa shape index (κ1) is 26.0. The maximum absolute atomic E-state index is 13.0. The van der Waals surface area contributed by atoms with Crippen LogP contribution in [0.5, 0.6) is 0 Å². The second-order valence-electron chi connectivity index (χ2n) is 8.67. The number of ketones is 1. The smallest absolute Gasteiger partial charge is 0.243 e. The highest BCUT2D eigenvalue weighted by molar-refractivity contribution is 7.91. The Morgan fingerprint density at radius 2 is 1.71 bits per heavy atom. The Morgan fingerprint density at radius 3 is 2.32 bits per heavy atom. The van der Waals surface area contributed by atoms with Crippen molar-refractivity contribution < 1.29 is 26.4 Å². The maximum atomic E-state index is 13.0. The monoisotopic (exact) mass is 473 g/mol. The number of Topliss-reactive ketones (excluding diaryl/α,β-unsaturated/α-hetero) is 1. The van der Waals surface area contributed by atoms with Crippen LogP contribution in [0.2, 0.25) is 0 Å². The van der Waals surface area contributed by atoms with Crippen LogP contribution >= 0.6 is 0 Å². The summed E-state index contributed by atoms with van der Waals surface area (Å²) >= 11 is 0. The van der Waals surface area contributed by atoms with Gasteiger partial charge in [-0.3, -0.25) is 4.79 Å². The van der Waals surface area contributed by atoms with E-state index in [0.29, 0.717) is 44.3 Å². The van der Waals surface area contributed by atoms with E-state index in [1.807, 2.05) is 13.8 Å². The molecule has 0 amide bonds. The summed E-state index contributed by atoms with van der Waals surface area (Å²) in [4.78, 5) is 12.5. The number of morpholine rings is 1. The maximum Gasteiger partial charge on any atom is 0.243 e. The van der Waals surface area contributed by atoms with E-state index in [-0.39, 0.29) is 40.3 Å². The van der Waals surface area contributed by atoms with Gasteiger partial charge in [0.15, 0.2) is 9.84 Å². The van der Waals surface area contributed by atoms with Crippen molar-refractivity contribution in [2.45, 2.75) is 82.2 Å². The topological polar surface area (TPSA) is 97.8 Å². The molecule has 1 aromatic carbocycles. The van der Waals surface area contributed by atoms with Crippen molar-refractivity contribution in [3.63, 3.8) is 0 Å². The Balaban J connectivity index is 1.89. The van der Waals surface area contributed by atoms with Gasteiger partial charge in [0, 0.05) is 25.9 Å². The van der Waals surface area contributed by atoms with Gasteiger partial charge in [-0.1, -0.05) is 18.6 Å². The Labute approximate surface area is 187 Å². The van der Waals surface area contributed by atoms with Crippen LogP contribution in [0, 0.1) is 0 Å². The predicted octanol–water partition coefficient (Wildman–Crippen LogP) is 2.98. The predicted molar refractivity (Wildman–Crippen MR) is 121 cm³/mol. The summed E-state index contributed by atoms with van der Waals surface area (Å²) in [5.74, 6) is 0.173. The minimum Gasteiger partial charge on any atom is -0.373 e. The van der Waals surface area contributed by atoms with Gasteiger partial charge in [-0.05, 0) is 58.2 Å². The molecule has 0 unspecified atom stereocenters. The van der Waals surface area contributed by atoms with Crippen molar-refractivity contribution in [3.05, 3.63) is 29.8 Å². The summed E-state index contributed by atoms with van der Waals surface area (Å²) in [6, 6.07) is 6.56. The summed E-state index contributed by atoms with van der Waals surface area (Å²) in [6.45, 7) is 7.67. The van der Waals surface area contributed by atoms with E-state index in [4.69, 9.17) is 4.74 Å². The van der Waals surface area contributed by atoms with Gasteiger partial charge in [-0.25, -0.2) is 16.8 Å². The van der Waals surface area contributed by atoms with E-state index in [2.05, 4.69) is 0 Å². The average molecular weight is 474 g/mol. The lowest BCUT2D eigenvalue weighted by Gasteiger charge is -2.34. The van der Waals surface area contributed by atoms with Gasteiger partial charge < -0.3 is 4.74 Å². The molecule has 1 fully saturated rings. The number of sulfonamides is 1. The van der Waals surface area contributed by atoms with Crippen LogP contribution in [0.3, 0.4) is 0 Å². The molecule has 1 aliphatic heterocycles. The molecule has 0 radical (unpaired) electrons. The molecule has 7 nitrogen and oxygen atoms in total. The minimum atomic E-state index is -3.65. The summed E-state index contributed by atoms with van der Waals surface area (Å²) in [6.07, 6.45) is 2.06. The quantitative estimate of drug-likeness (QED) is 0.458. The van der Waals surface area contributed by atoms with Crippen LogP contribution in [-0.4, -0.2) is 63.2 Å². The zero-order valence-electron chi connectivity index (χ0n) is 18.9. The molecule has 0 N–H and O–H groups in total. The molecule has 2 atom stereocenters. The van der Waals surface area contributed by atoms with Crippen molar-refractivity contribution in [1.29, 1.82) is 0 Å². The molecule has 0 aliphatic carbocycles. The fourth-order valence-electron chi connectivity index (χ4n) is 3.65. The molecule has 2 rings (SSSR count). The summed E-state index contributed by atoms with van der Waals surface area (Å²) in [5, 5.41) is -0.374. The standard InChI is InChI=1S/C22H35NO6S2/c1-17(2)30(25,26)12-7-5-6-10-21(24)13-20-9-8-11-22(14-20)31(27,28)23-15-18(3)29-19(4)16-23/h8-9,11,14,17-19H,5-7,10,12-13,15-16H2,1-4H3/t18-,19+. The highest BCUT2D eigenvalue weighted by Crippen LogP contribution is 2.22. The molecule has 1 aromatic rings. The van der Waals surface area contributed by atoms with E-state index < -0.39 is 19.9 Å². The van der Waals surface area contributed by atoms with Crippen LogP contribution < -0.4 is 0 Å². The lowest BCUT2D eigenvalue weighted by Crippen LogP contribution is -2.48.